The van der Waals surface area contributed by atoms with E-state index in [4.69, 9.17) is 9.84 Å². The summed E-state index contributed by atoms with van der Waals surface area (Å²) in [6.45, 7) is 4.95. The number of aliphatic hydroxyl groups excluding tert-OH is 1. The Morgan fingerprint density at radius 2 is 1.94 bits per heavy atom. The Labute approximate surface area is 101 Å². The molecule has 1 saturated heterocycles. The van der Waals surface area contributed by atoms with E-state index in [0.717, 1.165) is 0 Å². The van der Waals surface area contributed by atoms with Crippen LogP contribution in [0.1, 0.15) is 20.3 Å². The van der Waals surface area contributed by atoms with Gasteiger partial charge in [0.1, 0.15) is 0 Å². The summed E-state index contributed by atoms with van der Waals surface area (Å²) >= 11 is 0. The molecule has 0 saturated carbocycles. The molecule has 2 N–H and O–H groups in total. The molecule has 1 heterocycles. The molecule has 1 fully saturated rings. The number of amides is 2. The molecule has 6 heteroatoms. The molecule has 98 valence electrons. The molecule has 2 unspecified atom stereocenters. The molecule has 0 aromatic carbocycles. The molecule has 0 aliphatic carbocycles. The van der Waals surface area contributed by atoms with Gasteiger partial charge in [0.15, 0.2) is 0 Å². The molecule has 2 atom stereocenters. The largest absolute Gasteiger partial charge is 0.396 e. The van der Waals surface area contributed by atoms with Gasteiger partial charge in [0.2, 0.25) is 0 Å². The Hall–Kier alpha value is -1.14. The van der Waals surface area contributed by atoms with Crippen LogP contribution in [-0.2, 0) is 14.3 Å². The molecule has 6 nitrogen and oxygen atoms in total. The minimum absolute atomic E-state index is 0.0000922. The van der Waals surface area contributed by atoms with Crippen molar-refractivity contribution >= 4 is 11.8 Å². The van der Waals surface area contributed by atoms with Gasteiger partial charge in [-0.3, -0.25) is 9.59 Å². The van der Waals surface area contributed by atoms with Crippen molar-refractivity contribution in [3.63, 3.8) is 0 Å². The van der Waals surface area contributed by atoms with Gasteiger partial charge >= 0.3 is 11.8 Å². The second kappa shape index (κ2) is 6.56. The van der Waals surface area contributed by atoms with E-state index in [-0.39, 0.29) is 18.8 Å². The normalized spacial score (nSPS) is 24.5. The van der Waals surface area contributed by atoms with Gasteiger partial charge in [-0.1, -0.05) is 0 Å². The molecule has 0 aromatic heterocycles. The SMILES string of the molecule is CC1CN(C(=O)C(=O)NCCCO)CC(C)O1. The first-order valence-electron chi connectivity index (χ1n) is 5.88. The van der Waals surface area contributed by atoms with Crippen LogP contribution in [0.5, 0.6) is 0 Å². The van der Waals surface area contributed by atoms with Gasteiger partial charge < -0.3 is 20.1 Å². The predicted octanol–water partition coefficient (Wildman–Crippen LogP) is -0.879. The highest BCUT2D eigenvalue weighted by molar-refractivity contribution is 6.35. The second-order valence-electron chi connectivity index (χ2n) is 4.30. The lowest BCUT2D eigenvalue weighted by atomic mass is 10.2. The van der Waals surface area contributed by atoms with Crippen molar-refractivity contribution < 1.29 is 19.4 Å². The van der Waals surface area contributed by atoms with E-state index in [1.165, 1.54) is 4.90 Å². The van der Waals surface area contributed by atoms with Crippen LogP contribution in [0.2, 0.25) is 0 Å². The molecule has 0 radical (unpaired) electrons. The zero-order valence-electron chi connectivity index (χ0n) is 10.3. The van der Waals surface area contributed by atoms with Crippen LogP contribution < -0.4 is 5.32 Å². The molecule has 1 aliphatic rings. The summed E-state index contributed by atoms with van der Waals surface area (Å²) in [5.74, 6) is -1.13. The maximum Gasteiger partial charge on any atom is 0.312 e. The van der Waals surface area contributed by atoms with Gasteiger partial charge in [-0.25, -0.2) is 0 Å². The summed E-state index contributed by atoms with van der Waals surface area (Å²) in [4.78, 5) is 24.8. The van der Waals surface area contributed by atoms with Crippen molar-refractivity contribution in [1.29, 1.82) is 0 Å². The summed E-state index contributed by atoms with van der Waals surface area (Å²) in [6, 6.07) is 0. The third-order valence-corrected chi connectivity index (χ3v) is 2.52. The highest BCUT2D eigenvalue weighted by Gasteiger charge is 2.29. The molecular formula is C11H20N2O4. The van der Waals surface area contributed by atoms with E-state index in [1.807, 2.05) is 13.8 Å². The summed E-state index contributed by atoms with van der Waals surface area (Å²) < 4.78 is 5.49. The highest BCUT2D eigenvalue weighted by Crippen LogP contribution is 2.10. The molecule has 1 rings (SSSR count). The van der Waals surface area contributed by atoms with E-state index < -0.39 is 11.8 Å². The fraction of sp³-hybridized carbons (Fsp3) is 0.818. The van der Waals surface area contributed by atoms with Crippen molar-refractivity contribution in [2.24, 2.45) is 0 Å². The van der Waals surface area contributed by atoms with Crippen molar-refractivity contribution in [3.8, 4) is 0 Å². The minimum Gasteiger partial charge on any atom is -0.396 e. The van der Waals surface area contributed by atoms with Crippen molar-refractivity contribution in [3.05, 3.63) is 0 Å². The van der Waals surface area contributed by atoms with Crippen LogP contribution in [-0.4, -0.2) is 60.3 Å². The Morgan fingerprint density at radius 3 is 2.47 bits per heavy atom. The summed E-state index contributed by atoms with van der Waals surface area (Å²) in [5.41, 5.74) is 0. The lowest BCUT2D eigenvalue weighted by Gasteiger charge is -2.34. The zero-order chi connectivity index (χ0) is 12.8. The van der Waals surface area contributed by atoms with Crippen molar-refractivity contribution in [2.75, 3.05) is 26.2 Å². The molecule has 0 spiro atoms. The van der Waals surface area contributed by atoms with E-state index in [1.54, 1.807) is 0 Å². The minimum atomic E-state index is -0.611. The average Bonchev–Trinajstić information content (AvgIpc) is 2.27. The average molecular weight is 244 g/mol. The lowest BCUT2D eigenvalue weighted by Crippen LogP contribution is -2.52. The Balaban J connectivity index is 2.42. The van der Waals surface area contributed by atoms with E-state index >= 15 is 0 Å². The number of carbonyl (C=O) groups is 2. The first-order chi connectivity index (χ1) is 8.04. The third-order valence-electron chi connectivity index (χ3n) is 2.52. The van der Waals surface area contributed by atoms with Gasteiger partial charge in [0.25, 0.3) is 0 Å². The molecule has 2 amide bonds. The Morgan fingerprint density at radius 1 is 1.35 bits per heavy atom. The number of ether oxygens (including phenoxy) is 1. The first kappa shape index (κ1) is 13.9. The van der Waals surface area contributed by atoms with Gasteiger partial charge in [-0.2, -0.15) is 0 Å². The van der Waals surface area contributed by atoms with E-state index in [0.29, 0.717) is 26.1 Å². The second-order valence-corrected chi connectivity index (χ2v) is 4.30. The van der Waals surface area contributed by atoms with Crippen LogP contribution in [0.4, 0.5) is 0 Å². The van der Waals surface area contributed by atoms with Gasteiger partial charge in [-0.05, 0) is 20.3 Å². The monoisotopic (exact) mass is 244 g/mol. The number of hydrogen-bond acceptors (Lipinski definition) is 4. The maximum atomic E-state index is 11.8. The van der Waals surface area contributed by atoms with E-state index in [2.05, 4.69) is 5.32 Å². The molecule has 0 bridgehead atoms. The number of aliphatic hydroxyl groups is 1. The van der Waals surface area contributed by atoms with Crippen molar-refractivity contribution in [1.82, 2.24) is 10.2 Å². The molecule has 17 heavy (non-hydrogen) atoms. The molecule has 0 aromatic rings. The van der Waals surface area contributed by atoms with Crippen LogP contribution in [0.3, 0.4) is 0 Å². The topological polar surface area (TPSA) is 78.9 Å². The van der Waals surface area contributed by atoms with E-state index in [9.17, 15) is 9.59 Å². The lowest BCUT2D eigenvalue weighted by molar-refractivity contribution is -0.153. The van der Waals surface area contributed by atoms with Crippen molar-refractivity contribution in [2.45, 2.75) is 32.5 Å². The third kappa shape index (κ3) is 4.32. The van der Waals surface area contributed by atoms with Crippen LogP contribution >= 0.6 is 0 Å². The van der Waals surface area contributed by atoms with Gasteiger partial charge in [-0.15, -0.1) is 0 Å². The number of morpholine rings is 1. The smallest absolute Gasteiger partial charge is 0.312 e. The predicted molar refractivity (Wildman–Crippen MR) is 61.3 cm³/mol. The van der Waals surface area contributed by atoms with Gasteiger partial charge in [0.05, 0.1) is 12.2 Å². The maximum absolute atomic E-state index is 11.8. The Bertz CT molecular complexity index is 273. The number of nitrogens with zero attached hydrogens (tertiary/aromatic N) is 1. The highest BCUT2D eigenvalue weighted by atomic mass is 16.5. The standard InChI is InChI=1S/C11H20N2O4/c1-8-6-13(7-9(2)17-8)11(16)10(15)12-4-3-5-14/h8-9,14H,3-7H2,1-2H3,(H,12,15). The van der Waals surface area contributed by atoms with Crippen LogP contribution in [0, 0.1) is 0 Å². The van der Waals surface area contributed by atoms with Crippen LogP contribution in [0.25, 0.3) is 0 Å². The number of nitrogens with one attached hydrogen (secondary N) is 1. The summed E-state index contributed by atoms with van der Waals surface area (Å²) in [7, 11) is 0. The van der Waals surface area contributed by atoms with Gasteiger partial charge in [0, 0.05) is 26.2 Å². The molecule has 1 aliphatic heterocycles. The summed E-state index contributed by atoms with van der Waals surface area (Å²) in [6.07, 6.45) is 0.357. The quantitative estimate of drug-likeness (QED) is 0.499. The number of hydrogen-bond donors (Lipinski definition) is 2. The number of carbonyl (C=O) groups excluding carboxylic acids is 2. The fourth-order valence-electron chi connectivity index (χ4n) is 1.84. The fourth-order valence-corrected chi connectivity index (χ4v) is 1.84. The molecular weight excluding hydrogens is 224 g/mol. The zero-order valence-corrected chi connectivity index (χ0v) is 10.3. The van der Waals surface area contributed by atoms with Crippen LogP contribution in [0.15, 0.2) is 0 Å². The summed E-state index contributed by atoms with van der Waals surface area (Å²) in [5, 5.41) is 11.1. The number of rotatable bonds is 3. The first-order valence-corrected chi connectivity index (χ1v) is 5.88. The Kier molecular flexibility index (Phi) is 5.37.